The van der Waals surface area contributed by atoms with Gasteiger partial charge in [-0.05, 0) is 59.6 Å². The Kier molecular flexibility index (Phi) is 9.25. The number of methoxy groups -OCH3 is 1. The molecule has 0 saturated carbocycles. The number of halogens is 3. The number of benzene rings is 2. The number of aliphatic hydroxyl groups excluding tert-OH is 3. The zero-order chi connectivity index (χ0) is 31.1. The molecule has 0 unspecified atom stereocenters. The SMILES string of the molecule is CO[C@@]1(c2ccc(OC(F)(F)F)c(Cc3ccc4c(c3)OCCO4)c2)O[C@H](CO[Si](C)(C)C(C)(C)C)[C@@H](O)[C@H](O)[C@H]1O. The van der Waals surface area contributed by atoms with Crippen LogP contribution in [0.2, 0.25) is 18.1 Å². The van der Waals surface area contributed by atoms with Gasteiger partial charge in [0.2, 0.25) is 5.79 Å². The van der Waals surface area contributed by atoms with E-state index in [4.69, 9.17) is 23.4 Å². The van der Waals surface area contributed by atoms with Crippen molar-refractivity contribution in [3.63, 3.8) is 0 Å². The van der Waals surface area contributed by atoms with Crippen LogP contribution >= 0.6 is 0 Å². The van der Waals surface area contributed by atoms with E-state index in [9.17, 15) is 28.5 Å². The van der Waals surface area contributed by atoms with Crippen LogP contribution in [0.4, 0.5) is 13.2 Å². The lowest BCUT2D eigenvalue weighted by Gasteiger charge is -2.49. The Balaban J connectivity index is 1.71. The molecule has 2 heterocycles. The first-order valence-corrected chi connectivity index (χ1v) is 16.6. The summed E-state index contributed by atoms with van der Waals surface area (Å²) in [5.41, 5.74) is 0.822. The van der Waals surface area contributed by atoms with Crippen LogP contribution in [0.5, 0.6) is 17.2 Å². The molecule has 42 heavy (non-hydrogen) atoms. The number of ether oxygens (including phenoxy) is 5. The van der Waals surface area contributed by atoms with E-state index in [1.807, 2.05) is 33.9 Å². The van der Waals surface area contributed by atoms with Crippen molar-refractivity contribution >= 4 is 8.32 Å². The minimum Gasteiger partial charge on any atom is -0.486 e. The van der Waals surface area contributed by atoms with E-state index < -0.39 is 50.6 Å². The van der Waals surface area contributed by atoms with Crippen molar-refractivity contribution < 1.29 is 56.6 Å². The molecular formula is C29H39F3O9Si. The maximum Gasteiger partial charge on any atom is 0.573 e. The van der Waals surface area contributed by atoms with Gasteiger partial charge in [0.25, 0.3) is 0 Å². The molecule has 2 aromatic rings. The van der Waals surface area contributed by atoms with E-state index in [0.717, 1.165) is 6.07 Å². The zero-order valence-corrected chi connectivity index (χ0v) is 25.5. The molecule has 0 bridgehead atoms. The van der Waals surface area contributed by atoms with E-state index in [-0.39, 0.29) is 29.2 Å². The summed E-state index contributed by atoms with van der Waals surface area (Å²) in [6.07, 6.45) is -11.1. The molecule has 1 fully saturated rings. The van der Waals surface area contributed by atoms with E-state index in [1.165, 1.54) is 19.2 Å². The van der Waals surface area contributed by atoms with Gasteiger partial charge >= 0.3 is 6.36 Å². The normalized spacial score (nSPS) is 26.7. The summed E-state index contributed by atoms with van der Waals surface area (Å²) in [6.45, 7) is 10.8. The Labute approximate surface area is 244 Å². The molecule has 0 aromatic heterocycles. The molecule has 2 aromatic carbocycles. The molecule has 9 nitrogen and oxygen atoms in total. The average molecular weight is 617 g/mol. The van der Waals surface area contributed by atoms with Gasteiger partial charge in [0, 0.05) is 19.1 Å². The van der Waals surface area contributed by atoms with Gasteiger partial charge in [0.05, 0.1) is 6.61 Å². The molecule has 4 rings (SSSR count). The van der Waals surface area contributed by atoms with Gasteiger partial charge < -0.3 is 43.4 Å². The largest absolute Gasteiger partial charge is 0.573 e. The standard InChI is InChI=1S/C29H39F3O9Si/c1-27(2,3)42(5,6)39-16-23-24(33)25(34)26(35)28(36-4,40-23)19-8-10-20(41-29(30,31)32)18(15-19)13-17-7-9-21-22(14-17)38-12-11-37-21/h7-10,14-15,23-26,33-35H,11-13,16H2,1-6H3/t23-,24-,25+,26-,28+/m1/s1. The molecule has 0 aliphatic carbocycles. The van der Waals surface area contributed by atoms with Crippen molar-refractivity contribution in [1.82, 2.24) is 0 Å². The fourth-order valence-corrected chi connectivity index (χ4v) is 5.75. The Morgan fingerprint density at radius 3 is 2.24 bits per heavy atom. The summed E-state index contributed by atoms with van der Waals surface area (Å²) in [5, 5.41) is 32.6. The molecule has 0 spiro atoms. The predicted molar refractivity (Wildman–Crippen MR) is 148 cm³/mol. The fraction of sp³-hybridized carbons (Fsp3) is 0.586. The Morgan fingerprint density at radius 2 is 1.62 bits per heavy atom. The molecule has 2 aliphatic rings. The Hall–Kier alpha value is -2.39. The maximum absolute atomic E-state index is 13.3. The topological polar surface area (TPSA) is 116 Å². The number of hydrogen-bond donors (Lipinski definition) is 3. The smallest absolute Gasteiger partial charge is 0.486 e. The van der Waals surface area contributed by atoms with Crippen molar-refractivity contribution in [2.24, 2.45) is 0 Å². The maximum atomic E-state index is 13.3. The molecule has 13 heteroatoms. The van der Waals surface area contributed by atoms with Gasteiger partial charge in [-0.3, -0.25) is 0 Å². The lowest BCUT2D eigenvalue weighted by molar-refractivity contribution is -0.365. The van der Waals surface area contributed by atoms with Crippen LogP contribution in [0.3, 0.4) is 0 Å². The second kappa shape index (κ2) is 11.9. The number of aliphatic hydroxyl groups is 3. The lowest BCUT2D eigenvalue weighted by atomic mass is 9.86. The van der Waals surface area contributed by atoms with Crippen LogP contribution in [-0.4, -0.2) is 81.3 Å². The van der Waals surface area contributed by atoms with Gasteiger partial charge in [-0.2, -0.15) is 0 Å². The van der Waals surface area contributed by atoms with Gasteiger partial charge in [-0.1, -0.05) is 26.8 Å². The van der Waals surface area contributed by atoms with Crippen molar-refractivity contribution in [3.8, 4) is 17.2 Å². The second-order valence-electron chi connectivity index (χ2n) is 12.1. The number of fused-ring (bicyclic) bond motifs is 1. The van der Waals surface area contributed by atoms with Crippen LogP contribution in [-0.2, 0) is 26.1 Å². The van der Waals surface area contributed by atoms with E-state index in [2.05, 4.69) is 4.74 Å². The number of alkyl halides is 3. The molecule has 3 N–H and O–H groups in total. The lowest BCUT2D eigenvalue weighted by Crippen LogP contribution is -2.64. The summed E-state index contributed by atoms with van der Waals surface area (Å²) < 4.78 is 73.5. The highest BCUT2D eigenvalue weighted by molar-refractivity contribution is 6.74. The monoisotopic (exact) mass is 616 g/mol. The summed E-state index contributed by atoms with van der Waals surface area (Å²) >= 11 is 0. The molecule has 0 amide bonds. The van der Waals surface area contributed by atoms with Gasteiger partial charge in [-0.25, -0.2) is 0 Å². The van der Waals surface area contributed by atoms with Crippen LogP contribution < -0.4 is 14.2 Å². The first-order chi connectivity index (χ1) is 19.5. The summed E-state index contributed by atoms with van der Waals surface area (Å²) in [6, 6.07) is 8.77. The Morgan fingerprint density at radius 1 is 0.952 bits per heavy atom. The average Bonchev–Trinajstić information content (AvgIpc) is 2.91. The third-order valence-corrected chi connectivity index (χ3v) is 12.7. The number of hydrogen-bond acceptors (Lipinski definition) is 9. The minimum absolute atomic E-state index is 0.0190. The zero-order valence-electron chi connectivity index (χ0n) is 24.5. The quantitative estimate of drug-likeness (QED) is 0.375. The first-order valence-electron chi connectivity index (χ1n) is 13.7. The van der Waals surface area contributed by atoms with Crippen molar-refractivity contribution in [2.45, 2.75) is 81.9 Å². The van der Waals surface area contributed by atoms with Crippen molar-refractivity contribution in [1.29, 1.82) is 0 Å². The van der Waals surface area contributed by atoms with Crippen LogP contribution in [0.25, 0.3) is 0 Å². The van der Waals surface area contributed by atoms with Crippen LogP contribution in [0.15, 0.2) is 36.4 Å². The number of rotatable bonds is 8. The highest BCUT2D eigenvalue weighted by atomic mass is 28.4. The summed E-state index contributed by atoms with van der Waals surface area (Å²) in [5.74, 6) is -1.51. The molecular weight excluding hydrogens is 577 g/mol. The second-order valence-corrected chi connectivity index (χ2v) is 16.9. The first kappa shape index (κ1) is 32.5. The predicted octanol–water partition coefficient (Wildman–Crippen LogP) is 4.25. The Bertz CT molecular complexity index is 1250. The molecule has 0 radical (unpaired) electrons. The van der Waals surface area contributed by atoms with E-state index in [1.54, 1.807) is 18.2 Å². The molecule has 2 aliphatic heterocycles. The van der Waals surface area contributed by atoms with Gasteiger partial charge in [0.1, 0.15) is 43.4 Å². The fourth-order valence-electron chi connectivity index (χ4n) is 4.74. The van der Waals surface area contributed by atoms with Crippen molar-refractivity contribution in [2.75, 3.05) is 26.9 Å². The third-order valence-electron chi connectivity index (χ3n) is 8.18. The highest BCUT2D eigenvalue weighted by Crippen LogP contribution is 2.43. The van der Waals surface area contributed by atoms with Gasteiger partial charge in [0.15, 0.2) is 19.8 Å². The molecule has 1 saturated heterocycles. The van der Waals surface area contributed by atoms with E-state index in [0.29, 0.717) is 30.3 Å². The minimum atomic E-state index is -4.96. The summed E-state index contributed by atoms with van der Waals surface area (Å²) in [7, 11) is -1.07. The van der Waals surface area contributed by atoms with Crippen LogP contribution in [0, 0.1) is 0 Å². The van der Waals surface area contributed by atoms with Gasteiger partial charge in [-0.15, -0.1) is 13.2 Å². The molecule has 5 atom stereocenters. The van der Waals surface area contributed by atoms with Crippen molar-refractivity contribution in [3.05, 3.63) is 53.1 Å². The highest BCUT2D eigenvalue weighted by Gasteiger charge is 2.56. The third kappa shape index (κ3) is 6.72. The van der Waals surface area contributed by atoms with Crippen LogP contribution in [0.1, 0.15) is 37.5 Å². The summed E-state index contributed by atoms with van der Waals surface area (Å²) in [4.78, 5) is 0. The molecule has 234 valence electrons. The van der Waals surface area contributed by atoms with E-state index >= 15 is 0 Å².